The minimum atomic E-state index is -1.12. The molecule has 4 heteroatoms. The first kappa shape index (κ1) is 21.7. The van der Waals surface area contributed by atoms with Crippen LogP contribution in [0.3, 0.4) is 0 Å². The van der Waals surface area contributed by atoms with Crippen LogP contribution in [0.2, 0.25) is 0 Å². The van der Waals surface area contributed by atoms with E-state index in [1.165, 1.54) is 0 Å². The molecular formula is C31H29NO3. The Morgan fingerprint density at radius 2 is 1.74 bits per heavy atom. The van der Waals surface area contributed by atoms with Crippen molar-refractivity contribution in [2.24, 2.45) is 5.92 Å². The van der Waals surface area contributed by atoms with E-state index in [9.17, 15) is 4.79 Å². The molecule has 2 aliphatic rings. The highest BCUT2D eigenvalue weighted by Gasteiger charge is 2.55. The van der Waals surface area contributed by atoms with Crippen LogP contribution in [0.15, 0.2) is 66.7 Å². The minimum absolute atomic E-state index is 0.379. The third-order valence-corrected chi connectivity index (χ3v) is 7.45. The normalized spacial score (nSPS) is 17.8. The predicted octanol–water partition coefficient (Wildman–Crippen LogP) is 7.14. The molecule has 4 aromatic carbocycles. The summed E-state index contributed by atoms with van der Waals surface area (Å²) in [5, 5.41) is 2.06. The first-order valence-electron chi connectivity index (χ1n) is 12.4. The van der Waals surface area contributed by atoms with E-state index in [-0.39, 0.29) is 5.97 Å². The SMILES string of the molecule is CCc1ccc2c(c1)Oc1ccc3ccccc3c1C21OC(=O)c2c1ccc(CCC(C)C)c2N. The first-order valence-corrected chi connectivity index (χ1v) is 12.4. The standard InChI is InChI=1S/C31H29NO3/c1-4-19-10-14-23-26(17-19)34-25-16-13-20-7-5-6-8-22(20)28(25)31(23)24-15-12-21(11-9-18(2)3)29(32)27(24)30(33)35-31/h5-8,10,12-18H,4,9,11,32H2,1-3H3. The molecule has 0 aliphatic carbocycles. The molecule has 6 rings (SSSR count). The summed E-state index contributed by atoms with van der Waals surface area (Å²) in [6, 6.07) is 22.5. The Balaban J connectivity index is 1.67. The van der Waals surface area contributed by atoms with Gasteiger partial charge in [-0.1, -0.05) is 75.4 Å². The van der Waals surface area contributed by atoms with Gasteiger partial charge in [-0.2, -0.15) is 0 Å². The number of fused-ring (bicyclic) bond motifs is 8. The van der Waals surface area contributed by atoms with E-state index >= 15 is 0 Å². The van der Waals surface area contributed by atoms with Gasteiger partial charge in [0.2, 0.25) is 0 Å². The molecular weight excluding hydrogens is 434 g/mol. The molecule has 1 spiro atoms. The second-order valence-corrected chi connectivity index (χ2v) is 10.0. The first-order chi connectivity index (χ1) is 16.9. The van der Waals surface area contributed by atoms with Crippen LogP contribution < -0.4 is 10.5 Å². The number of carbonyl (C=O) groups is 1. The lowest BCUT2D eigenvalue weighted by molar-refractivity contribution is 0.0230. The molecule has 0 amide bonds. The van der Waals surface area contributed by atoms with E-state index in [0.717, 1.165) is 63.6 Å². The molecule has 1 atom stereocenters. The summed E-state index contributed by atoms with van der Waals surface area (Å²) in [7, 11) is 0. The number of benzene rings is 4. The van der Waals surface area contributed by atoms with E-state index in [1.807, 2.05) is 30.3 Å². The fourth-order valence-electron chi connectivity index (χ4n) is 5.58. The van der Waals surface area contributed by atoms with Crippen LogP contribution in [0.5, 0.6) is 11.5 Å². The lowest BCUT2D eigenvalue weighted by Gasteiger charge is -2.37. The number of esters is 1. The zero-order valence-corrected chi connectivity index (χ0v) is 20.4. The van der Waals surface area contributed by atoms with E-state index < -0.39 is 5.60 Å². The maximum Gasteiger partial charge on any atom is 0.342 e. The Labute approximate surface area is 205 Å². The third kappa shape index (κ3) is 3.09. The highest BCUT2D eigenvalue weighted by Crippen LogP contribution is 2.58. The average molecular weight is 464 g/mol. The van der Waals surface area contributed by atoms with Gasteiger partial charge in [0, 0.05) is 16.8 Å². The van der Waals surface area contributed by atoms with Crippen molar-refractivity contribution in [3.63, 3.8) is 0 Å². The van der Waals surface area contributed by atoms with Crippen molar-refractivity contribution >= 4 is 22.4 Å². The fraction of sp³-hybridized carbons (Fsp3) is 0.258. The van der Waals surface area contributed by atoms with Gasteiger partial charge in [-0.05, 0) is 59.2 Å². The molecule has 2 N–H and O–H groups in total. The average Bonchev–Trinajstić information content (AvgIpc) is 3.15. The number of nitrogen functional groups attached to an aromatic ring is 1. The summed E-state index contributed by atoms with van der Waals surface area (Å²) in [5.74, 6) is 1.59. The summed E-state index contributed by atoms with van der Waals surface area (Å²) in [4.78, 5) is 13.6. The number of aryl methyl sites for hydroxylation is 2. The lowest BCUT2D eigenvalue weighted by atomic mass is 9.75. The second kappa shape index (κ2) is 7.88. The van der Waals surface area contributed by atoms with Gasteiger partial charge < -0.3 is 15.2 Å². The van der Waals surface area contributed by atoms with Gasteiger partial charge in [0.05, 0.1) is 11.1 Å². The zero-order valence-electron chi connectivity index (χ0n) is 20.4. The van der Waals surface area contributed by atoms with Crippen molar-refractivity contribution < 1.29 is 14.3 Å². The Kier molecular flexibility index (Phi) is 4.89. The van der Waals surface area contributed by atoms with Crippen LogP contribution in [0, 0.1) is 5.92 Å². The molecule has 0 fully saturated rings. The van der Waals surface area contributed by atoms with Crippen LogP contribution >= 0.6 is 0 Å². The number of ether oxygens (including phenoxy) is 2. The summed E-state index contributed by atoms with van der Waals surface area (Å²) in [5.41, 5.74) is 11.2. The smallest absolute Gasteiger partial charge is 0.342 e. The summed E-state index contributed by atoms with van der Waals surface area (Å²) in [6.45, 7) is 6.50. The maximum atomic E-state index is 13.6. The maximum absolute atomic E-state index is 13.6. The molecule has 4 nitrogen and oxygen atoms in total. The van der Waals surface area contributed by atoms with Crippen LogP contribution in [0.4, 0.5) is 5.69 Å². The summed E-state index contributed by atoms with van der Waals surface area (Å²) >= 11 is 0. The van der Waals surface area contributed by atoms with Crippen molar-refractivity contribution in [1.29, 1.82) is 0 Å². The Morgan fingerprint density at radius 3 is 2.54 bits per heavy atom. The van der Waals surface area contributed by atoms with Crippen molar-refractivity contribution in [3.8, 4) is 11.5 Å². The molecule has 1 unspecified atom stereocenters. The molecule has 0 saturated heterocycles. The fourth-order valence-corrected chi connectivity index (χ4v) is 5.58. The number of carbonyl (C=O) groups excluding carboxylic acids is 1. The second-order valence-electron chi connectivity index (χ2n) is 10.0. The van der Waals surface area contributed by atoms with Gasteiger partial charge >= 0.3 is 5.97 Å². The third-order valence-electron chi connectivity index (χ3n) is 7.45. The van der Waals surface area contributed by atoms with Gasteiger partial charge in [0.15, 0.2) is 5.60 Å². The number of rotatable bonds is 4. The van der Waals surface area contributed by atoms with Gasteiger partial charge in [-0.15, -0.1) is 0 Å². The van der Waals surface area contributed by atoms with Crippen molar-refractivity contribution in [2.75, 3.05) is 5.73 Å². The molecule has 176 valence electrons. The number of hydrogen-bond donors (Lipinski definition) is 1. The van der Waals surface area contributed by atoms with Crippen molar-refractivity contribution in [1.82, 2.24) is 0 Å². The molecule has 2 heterocycles. The van der Waals surface area contributed by atoms with Crippen LogP contribution in [-0.4, -0.2) is 5.97 Å². The number of hydrogen-bond acceptors (Lipinski definition) is 4. The Bertz CT molecular complexity index is 1500. The van der Waals surface area contributed by atoms with Gasteiger partial charge in [-0.3, -0.25) is 0 Å². The highest BCUT2D eigenvalue weighted by atomic mass is 16.6. The number of nitrogens with two attached hydrogens (primary N) is 1. The summed E-state index contributed by atoms with van der Waals surface area (Å²) < 4.78 is 12.9. The minimum Gasteiger partial charge on any atom is -0.456 e. The molecule has 0 saturated carbocycles. The van der Waals surface area contributed by atoms with E-state index in [0.29, 0.717) is 22.9 Å². The van der Waals surface area contributed by atoms with E-state index in [4.69, 9.17) is 15.2 Å². The van der Waals surface area contributed by atoms with E-state index in [1.54, 1.807) is 0 Å². The predicted molar refractivity (Wildman–Crippen MR) is 139 cm³/mol. The van der Waals surface area contributed by atoms with E-state index in [2.05, 4.69) is 57.2 Å². The molecule has 0 bridgehead atoms. The molecule has 4 aromatic rings. The van der Waals surface area contributed by atoms with Crippen LogP contribution in [0.25, 0.3) is 10.8 Å². The Morgan fingerprint density at radius 1 is 0.943 bits per heavy atom. The van der Waals surface area contributed by atoms with Gasteiger partial charge in [0.25, 0.3) is 0 Å². The van der Waals surface area contributed by atoms with Crippen LogP contribution in [-0.2, 0) is 23.2 Å². The van der Waals surface area contributed by atoms with Crippen molar-refractivity contribution in [2.45, 2.75) is 45.6 Å². The quantitative estimate of drug-likeness (QED) is 0.258. The largest absolute Gasteiger partial charge is 0.456 e. The lowest BCUT2D eigenvalue weighted by Crippen LogP contribution is -2.33. The van der Waals surface area contributed by atoms with Crippen LogP contribution in [0.1, 0.15) is 65.4 Å². The molecule has 2 aliphatic heterocycles. The Hall–Kier alpha value is -3.79. The van der Waals surface area contributed by atoms with Gasteiger partial charge in [0.1, 0.15) is 11.5 Å². The highest BCUT2D eigenvalue weighted by molar-refractivity contribution is 6.04. The molecule has 0 aromatic heterocycles. The topological polar surface area (TPSA) is 61.5 Å². The van der Waals surface area contributed by atoms with Crippen molar-refractivity contribution in [3.05, 3.63) is 100 Å². The molecule has 35 heavy (non-hydrogen) atoms. The number of anilines is 1. The van der Waals surface area contributed by atoms with Gasteiger partial charge in [-0.25, -0.2) is 4.79 Å². The zero-order chi connectivity index (χ0) is 24.3. The molecule has 0 radical (unpaired) electrons. The monoisotopic (exact) mass is 463 g/mol. The summed E-state index contributed by atoms with van der Waals surface area (Å²) in [6.07, 6.45) is 2.72.